The van der Waals surface area contributed by atoms with Crippen molar-refractivity contribution in [1.29, 1.82) is 0 Å². The zero-order valence-corrected chi connectivity index (χ0v) is 15.2. The van der Waals surface area contributed by atoms with Crippen LogP contribution in [-0.2, 0) is 4.74 Å². The molecule has 2 N–H and O–H groups in total. The van der Waals surface area contributed by atoms with Crippen molar-refractivity contribution >= 4 is 23.5 Å². The number of carbonyl (C=O) groups excluding carboxylic acids is 1. The van der Waals surface area contributed by atoms with Gasteiger partial charge in [0.25, 0.3) is 5.91 Å². The number of nitrogen functional groups attached to an aromatic ring is 1. The van der Waals surface area contributed by atoms with Crippen LogP contribution in [0.4, 0.5) is 17.6 Å². The molecule has 0 radical (unpaired) electrons. The highest BCUT2D eigenvalue weighted by atomic mass is 16.5. The lowest BCUT2D eigenvalue weighted by atomic mass is 10.3. The molecule has 9 nitrogen and oxygen atoms in total. The highest BCUT2D eigenvalue weighted by molar-refractivity contribution is 5.91. The Morgan fingerprint density at radius 2 is 1.89 bits per heavy atom. The standard InChI is InChI=1S/C18H24N6O3/c19-15-13-16(21-18(20-15)24-8-11-26-12-9-24)22-4-2-5-23(7-6-22)17(25)14-3-1-10-27-14/h1,3,10,13H,2,4-9,11-12H2,(H2,19,20,21). The molecular formula is C18H24N6O3. The SMILES string of the molecule is Nc1cc(N2CCCN(C(=O)c3ccco3)CC2)nc(N2CCOCC2)n1. The second-order valence-corrected chi connectivity index (χ2v) is 6.66. The van der Waals surface area contributed by atoms with Gasteiger partial charge < -0.3 is 29.6 Å². The van der Waals surface area contributed by atoms with Gasteiger partial charge in [-0.15, -0.1) is 0 Å². The van der Waals surface area contributed by atoms with E-state index in [9.17, 15) is 4.79 Å². The second kappa shape index (κ2) is 7.83. The van der Waals surface area contributed by atoms with Crippen LogP contribution in [0, 0.1) is 0 Å². The average molecular weight is 372 g/mol. The molecule has 4 rings (SSSR count). The predicted octanol–water partition coefficient (Wildman–Crippen LogP) is 0.841. The van der Waals surface area contributed by atoms with Gasteiger partial charge in [0.15, 0.2) is 5.76 Å². The van der Waals surface area contributed by atoms with Crippen molar-refractivity contribution in [2.24, 2.45) is 0 Å². The Kier molecular flexibility index (Phi) is 5.10. The summed E-state index contributed by atoms with van der Waals surface area (Å²) in [5, 5.41) is 0. The van der Waals surface area contributed by atoms with Crippen LogP contribution in [0.1, 0.15) is 17.0 Å². The average Bonchev–Trinajstić information content (AvgIpc) is 3.12. The molecule has 0 aliphatic carbocycles. The van der Waals surface area contributed by atoms with Crippen LogP contribution < -0.4 is 15.5 Å². The van der Waals surface area contributed by atoms with Gasteiger partial charge in [-0.1, -0.05) is 0 Å². The molecule has 0 spiro atoms. The van der Waals surface area contributed by atoms with Crippen LogP contribution in [0.15, 0.2) is 28.9 Å². The van der Waals surface area contributed by atoms with E-state index >= 15 is 0 Å². The maximum absolute atomic E-state index is 12.5. The smallest absolute Gasteiger partial charge is 0.289 e. The number of morpholine rings is 1. The fourth-order valence-electron chi connectivity index (χ4n) is 3.41. The Labute approximate surface area is 157 Å². The molecule has 144 valence electrons. The molecule has 9 heteroatoms. The van der Waals surface area contributed by atoms with Gasteiger partial charge in [-0.2, -0.15) is 9.97 Å². The molecule has 0 unspecified atom stereocenters. The lowest BCUT2D eigenvalue weighted by molar-refractivity contribution is 0.0735. The van der Waals surface area contributed by atoms with E-state index in [1.165, 1.54) is 6.26 Å². The van der Waals surface area contributed by atoms with E-state index in [1.54, 1.807) is 18.2 Å². The van der Waals surface area contributed by atoms with Gasteiger partial charge in [-0.3, -0.25) is 4.79 Å². The summed E-state index contributed by atoms with van der Waals surface area (Å²) in [4.78, 5) is 27.7. The van der Waals surface area contributed by atoms with Crippen molar-refractivity contribution in [3.63, 3.8) is 0 Å². The Morgan fingerprint density at radius 1 is 1.04 bits per heavy atom. The largest absolute Gasteiger partial charge is 0.459 e. The van der Waals surface area contributed by atoms with Crippen molar-refractivity contribution in [2.75, 3.05) is 68.0 Å². The first-order chi connectivity index (χ1) is 13.2. The first-order valence-corrected chi connectivity index (χ1v) is 9.26. The Balaban J connectivity index is 1.47. The molecule has 0 saturated carbocycles. The minimum atomic E-state index is -0.0712. The lowest BCUT2D eigenvalue weighted by Gasteiger charge is -2.28. The molecule has 2 aromatic heterocycles. The maximum Gasteiger partial charge on any atom is 0.289 e. The van der Waals surface area contributed by atoms with Crippen LogP contribution in [0.25, 0.3) is 0 Å². The van der Waals surface area contributed by atoms with Crippen LogP contribution in [0.2, 0.25) is 0 Å². The summed E-state index contributed by atoms with van der Waals surface area (Å²) < 4.78 is 10.6. The van der Waals surface area contributed by atoms with Gasteiger partial charge in [-0.05, 0) is 18.6 Å². The van der Waals surface area contributed by atoms with Crippen LogP contribution in [0.3, 0.4) is 0 Å². The number of carbonyl (C=O) groups is 1. The van der Waals surface area contributed by atoms with E-state index in [0.717, 1.165) is 31.9 Å². The Bertz CT molecular complexity index is 775. The number of aromatic nitrogens is 2. The van der Waals surface area contributed by atoms with Crippen LogP contribution in [0.5, 0.6) is 0 Å². The number of furan rings is 1. The molecule has 2 fully saturated rings. The number of amides is 1. The predicted molar refractivity (Wildman–Crippen MR) is 101 cm³/mol. The molecule has 1 amide bonds. The van der Waals surface area contributed by atoms with Gasteiger partial charge in [-0.25, -0.2) is 0 Å². The molecule has 0 aromatic carbocycles. The quantitative estimate of drug-likeness (QED) is 0.846. The van der Waals surface area contributed by atoms with Crippen molar-refractivity contribution in [1.82, 2.24) is 14.9 Å². The van der Waals surface area contributed by atoms with Crippen LogP contribution in [-0.4, -0.2) is 73.3 Å². The molecule has 0 bridgehead atoms. The van der Waals surface area contributed by atoms with Crippen molar-refractivity contribution in [2.45, 2.75) is 6.42 Å². The topological polar surface area (TPSA) is 101 Å². The van der Waals surface area contributed by atoms with Gasteiger partial charge in [0, 0.05) is 45.3 Å². The molecule has 2 saturated heterocycles. The zero-order valence-electron chi connectivity index (χ0n) is 15.2. The number of nitrogens with zero attached hydrogens (tertiary/aromatic N) is 5. The van der Waals surface area contributed by atoms with E-state index < -0.39 is 0 Å². The van der Waals surface area contributed by atoms with Crippen molar-refractivity contribution < 1.29 is 13.9 Å². The lowest BCUT2D eigenvalue weighted by Crippen LogP contribution is -2.38. The van der Waals surface area contributed by atoms with Gasteiger partial charge in [0.2, 0.25) is 5.95 Å². The number of nitrogens with two attached hydrogens (primary N) is 1. The molecular weight excluding hydrogens is 348 g/mol. The first kappa shape index (κ1) is 17.6. The fourth-order valence-corrected chi connectivity index (χ4v) is 3.41. The van der Waals surface area contributed by atoms with E-state index in [0.29, 0.717) is 50.4 Å². The summed E-state index contributed by atoms with van der Waals surface area (Å²) in [6, 6.07) is 5.23. The summed E-state index contributed by atoms with van der Waals surface area (Å²) in [6.45, 7) is 5.64. The van der Waals surface area contributed by atoms with E-state index in [4.69, 9.17) is 19.9 Å². The van der Waals surface area contributed by atoms with Gasteiger partial charge in [0.1, 0.15) is 11.6 Å². The fraction of sp³-hybridized carbons (Fsp3) is 0.500. The number of hydrogen-bond donors (Lipinski definition) is 1. The Hall–Kier alpha value is -2.81. The molecule has 27 heavy (non-hydrogen) atoms. The highest BCUT2D eigenvalue weighted by Gasteiger charge is 2.23. The number of rotatable bonds is 3. The van der Waals surface area contributed by atoms with Gasteiger partial charge >= 0.3 is 0 Å². The second-order valence-electron chi connectivity index (χ2n) is 6.66. The molecule has 0 atom stereocenters. The summed E-state index contributed by atoms with van der Waals surface area (Å²) in [5.74, 6) is 2.20. The van der Waals surface area contributed by atoms with E-state index in [1.807, 2.05) is 4.90 Å². The molecule has 4 heterocycles. The zero-order chi connectivity index (χ0) is 18.6. The third-order valence-corrected chi connectivity index (χ3v) is 4.85. The van der Waals surface area contributed by atoms with E-state index in [-0.39, 0.29) is 5.91 Å². The third-order valence-electron chi connectivity index (χ3n) is 4.85. The van der Waals surface area contributed by atoms with Gasteiger partial charge in [0.05, 0.1) is 19.5 Å². The summed E-state index contributed by atoms with van der Waals surface area (Å²) in [5.41, 5.74) is 6.04. The van der Waals surface area contributed by atoms with E-state index in [2.05, 4.69) is 14.8 Å². The van der Waals surface area contributed by atoms with Crippen molar-refractivity contribution in [3.05, 3.63) is 30.2 Å². The molecule has 2 aromatic rings. The summed E-state index contributed by atoms with van der Waals surface area (Å²) >= 11 is 0. The summed E-state index contributed by atoms with van der Waals surface area (Å²) in [6.07, 6.45) is 2.37. The first-order valence-electron chi connectivity index (χ1n) is 9.26. The number of ether oxygens (including phenoxy) is 1. The highest BCUT2D eigenvalue weighted by Crippen LogP contribution is 2.21. The molecule has 2 aliphatic heterocycles. The minimum Gasteiger partial charge on any atom is -0.459 e. The monoisotopic (exact) mass is 372 g/mol. The normalized spacial score (nSPS) is 18.4. The maximum atomic E-state index is 12.5. The number of hydrogen-bond acceptors (Lipinski definition) is 8. The number of anilines is 3. The molecule has 2 aliphatic rings. The van der Waals surface area contributed by atoms with Crippen LogP contribution >= 0.6 is 0 Å². The minimum absolute atomic E-state index is 0.0712. The third kappa shape index (κ3) is 3.97. The summed E-state index contributed by atoms with van der Waals surface area (Å²) in [7, 11) is 0. The Morgan fingerprint density at radius 3 is 2.67 bits per heavy atom. The van der Waals surface area contributed by atoms with Crippen molar-refractivity contribution in [3.8, 4) is 0 Å².